The molecule has 1 heterocycles. The monoisotopic (exact) mass is 313 g/mol. The summed E-state index contributed by atoms with van der Waals surface area (Å²) in [6.45, 7) is 7.71. The van der Waals surface area contributed by atoms with Gasteiger partial charge in [0.2, 0.25) is 10.0 Å². The summed E-state index contributed by atoms with van der Waals surface area (Å²) >= 11 is 0. The summed E-state index contributed by atoms with van der Waals surface area (Å²) < 4.78 is 26.8. The molecule has 0 fully saturated rings. The molecule has 0 aliphatic carbocycles. The molecule has 120 valence electrons. The molecule has 5 nitrogen and oxygen atoms in total. The Morgan fingerprint density at radius 1 is 1.19 bits per heavy atom. The summed E-state index contributed by atoms with van der Waals surface area (Å²) in [6, 6.07) is 3.28. The van der Waals surface area contributed by atoms with Gasteiger partial charge in [0.15, 0.2) is 0 Å². The smallest absolute Gasteiger partial charge is 0.242 e. The first kappa shape index (κ1) is 17.9. The maximum Gasteiger partial charge on any atom is 0.242 e. The van der Waals surface area contributed by atoms with Gasteiger partial charge in [-0.3, -0.25) is 0 Å². The summed E-state index contributed by atoms with van der Waals surface area (Å²) in [5.41, 5.74) is 0. The molecule has 21 heavy (non-hydrogen) atoms. The van der Waals surface area contributed by atoms with Crippen LogP contribution < -0.4 is 10.0 Å². The van der Waals surface area contributed by atoms with Gasteiger partial charge in [0.1, 0.15) is 10.7 Å². The minimum Gasteiger partial charge on any atom is -0.370 e. The lowest BCUT2D eigenvalue weighted by atomic mass is 10.1. The molecule has 0 aliphatic rings. The van der Waals surface area contributed by atoms with Crippen molar-refractivity contribution in [3.63, 3.8) is 0 Å². The molecule has 0 bridgehead atoms. The van der Waals surface area contributed by atoms with Gasteiger partial charge in [-0.25, -0.2) is 18.1 Å². The molecule has 0 unspecified atom stereocenters. The second kappa shape index (κ2) is 9.00. The van der Waals surface area contributed by atoms with Crippen molar-refractivity contribution >= 4 is 15.8 Å². The Bertz CT molecular complexity index is 498. The zero-order valence-electron chi connectivity index (χ0n) is 13.2. The standard InChI is InChI=1S/C15H27N3O2S/c1-4-10-16-15-9-8-14(12-17-15)21(19,20)18-11-6-5-7-13(2)3/h8-9,12-13,18H,4-7,10-11H2,1-3H3,(H,16,17). The second-order valence-electron chi connectivity index (χ2n) is 5.59. The number of hydrogen-bond donors (Lipinski definition) is 2. The molecule has 1 aromatic heterocycles. The average Bonchev–Trinajstić information content (AvgIpc) is 2.44. The number of nitrogens with zero attached hydrogens (tertiary/aromatic N) is 1. The van der Waals surface area contributed by atoms with E-state index in [2.05, 4.69) is 35.8 Å². The lowest BCUT2D eigenvalue weighted by Gasteiger charge is -2.08. The van der Waals surface area contributed by atoms with Crippen molar-refractivity contribution in [1.82, 2.24) is 9.71 Å². The van der Waals surface area contributed by atoms with Gasteiger partial charge in [-0.05, 0) is 30.9 Å². The minimum atomic E-state index is -3.44. The molecule has 0 atom stereocenters. The molecular weight excluding hydrogens is 286 g/mol. The summed E-state index contributed by atoms with van der Waals surface area (Å²) in [6.07, 6.45) is 5.43. The Morgan fingerprint density at radius 2 is 1.95 bits per heavy atom. The van der Waals surface area contributed by atoms with E-state index in [0.29, 0.717) is 18.3 Å². The van der Waals surface area contributed by atoms with Gasteiger partial charge in [0.05, 0.1) is 0 Å². The number of sulfonamides is 1. The molecular formula is C15H27N3O2S. The summed E-state index contributed by atoms with van der Waals surface area (Å²) in [7, 11) is -3.44. The first-order valence-corrected chi connectivity index (χ1v) is 9.13. The number of anilines is 1. The van der Waals surface area contributed by atoms with Gasteiger partial charge in [0.25, 0.3) is 0 Å². The molecule has 2 N–H and O–H groups in total. The van der Waals surface area contributed by atoms with E-state index in [9.17, 15) is 8.42 Å². The van der Waals surface area contributed by atoms with E-state index < -0.39 is 10.0 Å². The number of unbranched alkanes of at least 4 members (excludes halogenated alkanes) is 1. The van der Waals surface area contributed by atoms with Gasteiger partial charge < -0.3 is 5.32 Å². The predicted octanol–water partition coefficient (Wildman–Crippen LogP) is 3.01. The van der Waals surface area contributed by atoms with Gasteiger partial charge in [-0.2, -0.15) is 0 Å². The van der Waals surface area contributed by atoms with Crippen LogP contribution in [0.25, 0.3) is 0 Å². The highest BCUT2D eigenvalue weighted by molar-refractivity contribution is 7.89. The van der Waals surface area contributed by atoms with Crippen molar-refractivity contribution in [2.45, 2.75) is 51.3 Å². The van der Waals surface area contributed by atoms with Crippen LogP contribution in [-0.4, -0.2) is 26.5 Å². The van der Waals surface area contributed by atoms with Crippen molar-refractivity contribution < 1.29 is 8.42 Å². The van der Waals surface area contributed by atoms with Gasteiger partial charge in [0, 0.05) is 19.3 Å². The molecule has 1 aromatic rings. The van der Waals surface area contributed by atoms with E-state index in [1.54, 1.807) is 12.1 Å². The highest BCUT2D eigenvalue weighted by Crippen LogP contribution is 2.11. The largest absolute Gasteiger partial charge is 0.370 e. The zero-order valence-corrected chi connectivity index (χ0v) is 14.0. The third kappa shape index (κ3) is 6.91. The fourth-order valence-electron chi connectivity index (χ4n) is 1.86. The van der Waals surface area contributed by atoms with Crippen molar-refractivity contribution in [2.75, 3.05) is 18.4 Å². The highest BCUT2D eigenvalue weighted by atomic mass is 32.2. The molecule has 1 rings (SSSR count). The lowest BCUT2D eigenvalue weighted by Crippen LogP contribution is -2.25. The van der Waals surface area contributed by atoms with Gasteiger partial charge in [-0.15, -0.1) is 0 Å². The predicted molar refractivity (Wildman–Crippen MR) is 86.9 cm³/mol. The van der Waals surface area contributed by atoms with Crippen LogP contribution in [-0.2, 0) is 10.0 Å². The van der Waals surface area contributed by atoms with Crippen molar-refractivity contribution in [2.24, 2.45) is 5.92 Å². The summed E-state index contributed by atoms with van der Waals surface area (Å²) in [5, 5.41) is 3.12. The topological polar surface area (TPSA) is 71.1 Å². The summed E-state index contributed by atoms with van der Waals surface area (Å²) in [5.74, 6) is 1.36. The molecule has 6 heteroatoms. The first-order valence-electron chi connectivity index (χ1n) is 7.65. The molecule has 0 saturated heterocycles. The molecule has 0 amide bonds. The van der Waals surface area contributed by atoms with Crippen LogP contribution in [0.15, 0.2) is 23.2 Å². The molecule has 0 radical (unpaired) electrons. The Kier molecular flexibility index (Phi) is 7.67. The highest BCUT2D eigenvalue weighted by Gasteiger charge is 2.13. The van der Waals surface area contributed by atoms with Crippen LogP contribution in [0.2, 0.25) is 0 Å². The van der Waals surface area contributed by atoms with Gasteiger partial charge >= 0.3 is 0 Å². The molecule has 0 aliphatic heterocycles. The van der Waals surface area contributed by atoms with Crippen LogP contribution in [0.4, 0.5) is 5.82 Å². The third-order valence-corrected chi connectivity index (χ3v) is 4.55. The van der Waals surface area contributed by atoms with Crippen LogP contribution in [0.5, 0.6) is 0 Å². The van der Waals surface area contributed by atoms with Crippen molar-refractivity contribution in [3.05, 3.63) is 18.3 Å². The molecule has 0 spiro atoms. The van der Waals surface area contributed by atoms with Crippen LogP contribution in [0.1, 0.15) is 46.5 Å². The lowest BCUT2D eigenvalue weighted by molar-refractivity contribution is 0.530. The quantitative estimate of drug-likeness (QED) is 0.651. The maximum atomic E-state index is 12.1. The zero-order chi connectivity index (χ0) is 15.7. The van der Waals surface area contributed by atoms with Crippen LogP contribution >= 0.6 is 0 Å². The second-order valence-corrected chi connectivity index (χ2v) is 7.36. The number of hydrogen-bond acceptors (Lipinski definition) is 4. The Balaban J connectivity index is 2.46. The Hall–Kier alpha value is -1.14. The Labute approximate surface area is 128 Å². The molecule has 0 saturated carbocycles. The molecule has 0 aromatic carbocycles. The van der Waals surface area contributed by atoms with Crippen molar-refractivity contribution in [3.8, 4) is 0 Å². The number of pyridine rings is 1. The van der Waals surface area contributed by atoms with E-state index >= 15 is 0 Å². The number of nitrogens with one attached hydrogen (secondary N) is 2. The SMILES string of the molecule is CCCNc1ccc(S(=O)(=O)NCCCCC(C)C)cn1. The van der Waals surface area contributed by atoms with E-state index in [-0.39, 0.29) is 4.90 Å². The van der Waals surface area contributed by atoms with Crippen LogP contribution in [0, 0.1) is 5.92 Å². The Morgan fingerprint density at radius 3 is 2.52 bits per heavy atom. The fraction of sp³-hybridized carbons (Fsp3) is 0.667. The maximum absolute atomic E-state index is 12.1. The number of rotatable bonds is 10. The summed E-state index contributed by atoms with van der Waals surface area (Å²) in [4.78, 5) is 4.34. The van der Waals surface area contributed by atoms with Crippen molar-refractivity contribution in [1.29, 1.82) is 0 Å². The van der Waals surface area contributed by atoms with Crippen LogP contribution in [0.3, 0.4) is 0 Å². The fourth-order valence-corrected chi connectivity index (χ4v) is 2.88. The number of aromatic nitrogens is 1. The average molecular weight is 313 g/mol. The van der Waals surface area contributed by atoms with E-state index in [1.165, 1.54) is 6.20 Å². The van der Waals surface area contributed by atoms with E-state index in [0.717, 1.165) is 32.2 Å². The van der Waals surface area contributed by atoms with E-state index in [4.69, 9.17) is 0 Å². The normalized spacial score (nSPS) is 11.8. The van der Waals surface area contributed by atoms with E-state index in [1.807, 2.05) is 0 Å². The first-order chi connectivity index (χ1) is 9.95. The third-order valence-electron chi connectivity index (χ3n) is 3.10. The minimum absolute atomic E-state index is 0.216. The van der Waals surface area contributed by atoms with Gasteiger partial charge in [-0.1, -0.05) is 33.6 Å².